The van der Waals surface area contributed by atoms with E-state index in [0.717, 1.165) is 36.1 Å². The number of nitrogens with zero attached hydrogens (tertiary/aromatic N) is 5. The van der Waals surface area contributed by atoms with Crippen molar-refractivity contribution in [3.63, 3.8) is 0 Å². The molecule has 0 spiro atoms. The molecule has 3 rings (SSSR count). The molecule has 1 aromatic carbocycles. The normalized spacial score (nSPS) is 17.0. The molecule has 28 heavy (non-hydrogen) atoms. The number of rotatable bonds is 6. The molecule has 8 heteroatoms. The molecule has 0 bridgehead atoms. The number of aliphatic imine (C=N–C) groups is 1. The van der Waals surface area contributed by atoms with Crippen LogP contribution < -0.4 is 10.6 Å². The van der Waals surface area contributed by atoms with E-state index in [-0.39, 0.29) is 11.9 Å². The van der Waals surface area contributed by atoms with Crippen LogP contribution in [0.15, 0.2) is 35.3 Å². The molecule has 0 aliphatic carbocycles. The monoisotopic (exact) mass is 383 g/mol. The second kappa shape index (κ2) is 9.34. The molecule has 2 aromatic rings. The third-order valence-electron chi connectivity index (χ3n) is 5.04. The highest BCUT2D eigenvalue weighted by molar-refractivity contribution is 5.80. The molecule has 1 atom stereocenters. The number of carbonyl (C=O) groups excluding carboxylic acids is 1. The Kier molecular flexibility index (Phi) is 6.62. The van der Waals surface area contributed by atoms with Gasteiger partial charge in [0.1, 0.15) is 5.82 Å². The maximum atomic E-state index is 11.9. The Labute approximate surface area is 166 Å². The second-order valence-corrected chi connectivity index (χ2v) is 7.05. The minimum absolute atomic E-state index is 0.193. The molecular weight excluding hydrogens is 354 g/mol. The van der Waals surface area contributed by atoms with Crippen molar-refractivity contribution in [2.45, 2.75) is 45.8 Å². The summed E-state index contributed by atoms with van der Waals surface area (Å²) < 4.78 is 1.96. The van der Waals surface area contributed by atoms with Gasteiger partial charge in [-0.2, -0.15) is 0 Å². The number of likely N-dealkylation sites (tertiary alicyclic amines) is 1. The van der Waals surface area contributed by atoms with Crippen molar-refractivity contribution in [1.82, 2.24) is 30.3 Å². The van der Waals surface area contributed by atoms with Crippen LogP contribution in [-0.4, -0.2) is 50.7 Å². The topological polar surface area (TPSA) is 87.4 Å². The molecule has 150 valence electrons. The van der Waals surface area contributed by atoms with Crippen molar-refractivity contribution in [2.24, 2.45) is 12.0 Å². The summed E-state index contributed by atoms with van der Waals surface area (Å²) in [6, 6.07) is 10.3. The summed E-state index contributed by atoms with van der Waals surface area (Å²) in [5, 5.41) is 15.1. The van der Waals surface area contributed by atoms with E-state index in [0.29, 0.717) is 26.1 Å². The lowest BCUT2D eigenvalue weighted by Gasteiger charge is -2.19. The summed E-state index contributed by atoms with van der Waals surface area (Å²) in [6.07, 6.45) is 1.46. The smallest absolute Gasteiger partial charge is 0.222 e. The third kappa shape index (κ3) is 5.09. The van der Waals surface area contributed by atoms with Gasteiger partial charge in [0.2, 0.25) is 5.91 Å². The Morgan fingerprint density at radius 2 is 2.07 bits per heavy atom. The maximum absolute atomic E-state index is 11.9. The van der Waals surface area contributed by atoms with Gasteiger partial charge in [-0.25, -0.2) is 4.99 Å². The number of hydrogen-bond acceptors (Lipinski definition) is 4. The summed E-state index contributed by atoms with van der Waals surface area (Å²) in [4.78, 5) is 18.6. The lowest BCUT2D eigenvalue weighted by atomic mass is 10.2. The van der Waals surface area contributed by atoms with Gasteiger partial charge in [-0.1, -0.05) is 37.3 Å². The zero-order chi connectivity index (χ0) is 19.9. The molecule has 1 fully saturated rings. The lowest BCUT2D eigenvalue weighted by molar-refractivity contribution is -0.129. The van der Waals surface area contributed by atoms with E-state index in [2.05, 4.69) is 33.0 Å². The Bertz CT molecular complexity index is 815. The molecule has 1 aliphatic rings. The molecule has 2 N–H and O–H groups in total. The second-order valence-electron chi connectivity index (χ2n) is 7.05. The number of guanidine groups is 1. The average molecular weight is 384 g/mol. The SMILES string of the molecule is CCC(=O)N1CCC(NC(=NCc2ccccc2)NCc2nnc(C)n2C)C1. The van der Waals surface area contributed by atoms with Crippen LogP contribution in [0, 0.1) is 6.92 Å². The van der Waals surface area contributed by atoms with E-state index in [4.69, 9.17) is 4.99 Å². The quantitative estimate of drug-likeness (QED) is 0.581. The summed E-state index contributed by atoms with van der Waals surface area (Å²) in [7, 11) is 1.95. The fraction of sp³-hybridized carbons (Fsp3) is 0.500. The molecule has 8 nitrogen and oxygen atoms in total. The first-order valence-electron chi connectivity index (χ1n) is 9.78. The molecule has 1 amide bonds. The zero-order valence-electron chi connectivity index (χ0n) is 16.9. The summed E-state index contributed by atoms with van der Waals surface area (Å²) in [5.41, 5.74) is 1.15. The fourth-order valence-electron chi connectivity index (χ4n) is 3.20. The Hall–Kier alpha value is -2.90. The van der Waals surface area contributed by atoms with Crippen molar-refractivity contribution in [3.8, 4) is 0 Å². The van der Waals surface area contributed by atoms with Gasteiger partial charge in [0.05, 0.1) is 13.1 Å². The highest BCUT2D eigenvalue weighted by Gasteiger charge is 2.25. The number of aryl methyl sites for hydroxylation is 1. The van der Waals surface area contributed by atoms with Gasteiger partial charge in [-0.15, -0.1) is 10.2 Å². The number of aromatic nitrogens is 3. The van der Waals surface area contributed by atoms with Crippen LogP contribution in [-0.2, 0) is 24.9 Å². The van der Waals surface area contributed by atoms with Crippen LogP contribution in [0.25, 0.3) is 0 Å². The van der Waals surface area contributed by atoms with Crippen molar-refractivity contribution in [2.75, 3.05) is 13.1 Å². The molecule has 1 unspecified atom stereocenters. The van der Waals surface area contributed by atoms with Gasteiger partial charge >= 0.3 is 0 Å². The highest BCUT2D eigenvalue weighted by atomic mass is 16.2. The van der Waals surface area contributed by atoms with E-state index in [1.54, 1.807) is 0 Å². The molecule has 0 saturated carbocycles. The van der Waals surface area contributed by atoms with Crippen molar-refractivity contribution >= 4 is 11.9 Å². The number of nitrogens with one attached hydrogen (secondary N) is 2. The van der Waals surface area contributed by atoms with Crippen LogP contribution >= 0.6 is 0 Å². The van der Waals surface area contributed by atoms with Gasteiger partial charge in [0.15, 0.2) is 11.8 Å². The van der Waals surface area contributed by atoms with E-state index >= 15 is 0 Å². The predicted octanol–water partition coefficient (Wildman–Crippen LogP) is 1.37. The molecule has 0 radical (unpaired) electrons. The first kappa shape index (κ1) is 19.9. The van der Waals surface area contributed by atoms with E-state index in [9.17, 15) is 4.79 Å². The third-order valence-corrected chi connectivity index (χ3v) is 5.04. The van der Waals surface area contributed by atoms with Crippen LogP contribution in [0.3, 0.4) is 0 Å². The number of hydrogen-bond donors (Lipinski definition) is 2. The van der Waals surface area contributed by atoms with E-state index < -0.39 is 0 Å². The predicted molar refractivity (Wildman–Crippen MR) is 109 cm³/mol. The number of benzene rings is 1. The first-order chi connectivity index (χ1) is 13.6. The molecule has 2 heterocycles. The van der Waals surface area contributed by atoms with Crippen molar-refractivity contribution in [1.29, 1.82) is 0 Å². The fourth-order valence-corrected chi connectivity index (χ4v) is 3.20. The van der Waals surface area contributed by atoms with Crippen LogP contribution in [0.2, 0.25) is 0 Å². The maximum Gasteiger partial charge on any atom is 0.222 e. The van der Waals surface area contributed by atoms with Gasteiger partial charge in [0, 0.05) is 32.6 Å². The molecular formula is C20H29N7O. The Balaban J connectivity index is 1.65. The Morgan fingerprint density at radius 3 is 2.75 bits per heavy atom. The Morgan fingerprint density at radius 1 is 1.29 bits per heavy atom. The van der Waals surface area contributed by atoms with E-state index in [1.807, 2.05) is 48.6 Å². The summed E-state index contributed by atoms with van der Waals surface area (Å²) in [5.74, 6) is 2.65. The van der Waals surface area contributed by atoms with Crippen LogP contribution in [0.5, 0.6) is 0 Å². The van der Waals surface area contributed by atoms with Gasteiger partial charge in [-0.05, 0) is 18.9 Å². The van der Waals surface area contributed by atoms with Crippen LogP contribution in [0.1, 0.15) is 37.0 Å². The first-order valence-corrected chi connectivity index (χ1v) is 9.78. The number of carbonyl (C=O) groups is 1. The van der Waals surface area contributed by atoms with E-state index in [1.165, 1.54) is 0 Å². The largest absolute Gasteiger partial charge is 0.352 e. The molecule has 1 aromatic heterocycles. The highest BCUT2D eigenvalue weighted by Crippen LogP contribution is 2.10. The minimum Gasteiger partial charge on any atom is -0.352 e. The molecule has 1 aliphatic heterocycles. The van der Waals surface area contributed by atoms with Gasteiger partial charge in [0.25, 0.3) is 0 Å². The number of amides is 1. The van der Waals surface area contributed by atoms with Gasteiger partial charge in [-0.3, -0.25) is 4.79 Å². The van der Waals surface area contributed by atoms with Gasteiger partial charge < -0.3 is 20.1 Å². The summed E-state index contributed by atoms with van der Waals surface area (Å²) >= 11 is 0. The minimum atomic E-state index is 0.193. The lowest BCUT2D eigenvalue weighted by Crippen LogP contribution is -2.45. The van der Waals surface area contributed by atoms with Crippen LogP contribution in [0.4, 0.5) is 0 Å². The molecule has 1 saturated heterocycles. The zero-order valence-corrected chi connectivity index (χ0v) is 16.9. The standard InChI is InChI=1S/C20H29N7O/c1-4-19(28)27-11-10-17(14-27)23-20(21-12-16-8-6-5-7-9-16)22-13-18-25-24-15(2)26(18)3/h5-9,17H,4,10-14H2,1-3H3,(H2,21,22,23). The average Bonchev–Trinajstić information content (AvgIpc) is 3.31. The van der Waals surface area contributed by atoms with Crippen molar-refractivity contribution in [3.05, 3.63) is 47.5 Å². The summed E-state index contributed by atoms with van der Waals surface area (Å²) in [6.45, 7) is 6.44. The van der Waals surface area contributed by atoms with Crippen molar-refractivity contribution < 1.29 is 4.79 Å².